The summed E-state index contributed by atoms with van der Waals surface area (Å²) in [6.45, 7) is 7.15. The van der Waals surface area contributed by atoms with E-state index in [-0.39, 0.29) is 18.1 Å². The molecule has 1 saturated heterocycles. The summed E-state index contributed by atoms with van der Waals surface area (Å²) < 4.78 is 59.4. The minimum Gasteiger partial charge on any atom is -0.459 e. The van der Waals surface area contributed by atoms with Crippen molar-refractivity contribution in [2.24, 2.45) is 0 Å². The molecule has 1 aromatic heterocycles. The largest absolute Gasteiger partial charge is 0.459 e. The minimum absolute atomic E-state index is 0.133. The first-order valence-corrected chi connectivity index (χ1v) is 12.2. The number of carbonyl (C=O) groups is 1. The molecule has 0 spiro atoms. The third-order valence-electron chi connectivity index (χ3n) is 6.26. The average Bonchev–Trinajstić information content (AvgIpc) is 2.86. The fourth-order valence-electron chi connectivity index (χ4n) is 4.43. The summed E-state index contributed by atoms with van der Waals surface area (Å²) in [4.78, 5) is 21.2. The van der Waals surface area contributed by atoms with Gasteiger partial charge in [-0.25, -0.2) is 14.2 Å². The molecule has 3 aromatic rings. The number of nitrogens with zero attached hydrogens (tertiary/aromatic N) is 3. The molecule has 1 aliphatic heterocycles. The van der Waals surface area contributed by atoms with Gasteiger partial charge in [0.25, 0.3) is 0 Å². The van der Waals surface area contributed by atoms with Crippen molar-refractivity contribution >= 4 is 11.8 Å². The lowest BCUT2D eigenvalue weighted by Gasteiger charge is -2.36. The molecule has 1 aliphatic rings. The van der Waals surface area contributed by atoms with E-state index in [0.29, 0.717) is 36.6 Å². The predicted octanol–water partition coefficient (Wildman–Crippen LogP) is 5.72. The van der Waals surface area contributed by atoms with Crippen LogP contribution in [-0.4, -0.2) is 48.1 Å². The molecule has 5 nitrogen and oxygen atoms in total. The van der Waals surface area contributed by atoms with Crippen molar-refractivity contribution in [2.75, 3.05) is 31.1 Å². The van der Waals surface area contributed by atoms with Crippen molar-refractivity contribution in [2.45, 2.75) is 39.1 Å². The van der Waals surface area contributed by atoms with E-state index in [9.17, 15) is 22.4 Å². The molecule has 4 rings (SSSR count). The zero-order valence-electron chi connectivity index (χ0n) is 20.8. The van der Waals surface area contributed by atoms with Gasteiger partial charge in [-0.3, -0.25) is 4.90 Å². The quantitative estimate of drug-likeness (QED) is 0.298. The average molecular weight is 516 g/mol. The van der Waals surface area contributed by atoms with Gasteiger partial charge >= 0.3 is 12.1 Å². The summed E-state index contributed by atoms with van der Waals surface area (Å²) >= 11 is 0. The maximum atomic E-state index is 14.2. The fraction of sp³-hybridized carbons (Fsp3) is 0.357. The smallest absolute Gasteiger partial charge is 0.416 e. The van der Waals surface area contributed by atoms with Crippen LogP contribution < -0.4 is 4.90 Å². The number of alkyl halides is 3. The van der Waals surface area contributed by atoms with Crippen molar-refractivity contribution < 1.29 is 27.1 Å². The Kier molecular flexibility index (Phi) is 8.12. The molecule has 1 fully saturated rings. The third kappa shape index (κ3) is 6.65. The van der Waals surface area contributed by atoms with Gasteiger partial charge in [-0.1, -0.05) is 30.3 Å². The number of pyridine rings is 1. The number of carbonyl (C=O) groups excluding carboxylic acids is 1. The number of halogens is 4. The number of anilines is 1. The van der Waals surface area contributed by atoms with Crippen LogP contribution in [0.1, 0.15) is 46.5 Å². The maximum absolute atomic E-state index is 14.2. The Morgan fingerprint density at radius 2 is 1.65 bits per heavy atom. The van der Waals surface area contributed by atoms with Gasteiger partial charge in [-0.15, -0.1) is 0 Å². The number of rotatable bonds is 7. The SMILES string of the molecule is CC(C)OC(=O)c1cccnc1N1CCN(Cc2ccc(Cc3c(F)cccc3C(F)(F)F)cc2)CC1. The molecule has 0 amide bonds. The molecule has 0 atom stereocenters. The molecule has 9 heteroatoms. The predicted molar refractivity (Wildman–Crippen MR) is 133 cm³/mol. The summed E-state index contributed by atoms with van der Waals surface area (Å²) in [5.41, 5.74) is 0.790. The van der Waals surface area contributed by atoms with Crippen molar-refractivity contribution in [1.82, 2.24) is 9.88 Å². The first-order valence-electron chi connectivity index (χ1n) is 12.2. The Balaban J connectivity index is 1.36. The maximum Gasteiger partial charge on any atom is 0.416 e. The molecule has 2 aromatic carbocycles. The number of hydrogen-bond donors (Lipinski definition) is 0. The second-order valence-electron chi connectivity index (χ2n) is 9.35. The van der Waals surface area contributed by atoms with Gasteiger partial charge in [0.1, 0.15) is 17.2 Å². The Labute approximate surface area is 213 Å². The molecular weight excluding hydrogens is 486 g/mol. The standard InChI is InChI=1S/C28H29F4N3O2/c1-19(2)37-27(36)22-5-4-12-33-26(22)35-15-13-34(14-16-35)18-21-10-8-20(9-11-21)17-23-24(28(30,31)32)6-3-7-25(23)29/h3-12,19H,13-18H2,1-2H3. The zero-order chi connectivity index (χ0) is 26.6. The summed E-state index contributed by atoms with van der Waals surface area (Å²) in [5.74, 6) is -0.632. The lowest BCUT2D eigenvalue weighted by Crippen LogP contribution is -2.46. The van der Waals surface area contributed by atoms with Crippen LogP contribution in [-0.2, 0) is 23.9 Å². The Morgan fingerprint density at radius 1 is 0.973 bits per heavy atom. The number of benzene rings is 2. The number of esters is 1. The molecule has 37 heavy (non-hydrogen) atoms. The Bertz CT molecular complexity index is 1220. The van der Waals surface area contributed by atoms with E-state index in [1.807, 2.05) is 12.1 Å². The topological polar surface area (TPSA) is 45.7 Å². The molecule has 0 aliphatic carbocycles. The van der Waals surface area contributed by atoms with E-state index in [1.54, 1.807) is 44.3 Å². The molecule has 0 saturated carbocycles. The second-order valence-corrected chi connectivity index (χ2v) is 9.35. The molecule has 0 bridgehead atoms. The molecule has 0 radical (unpaired) electrons. The van der Waals surface area contributed by atoms with Gasteiger partial charge in [0, 0.05) is 50.9 Å². The molecule has 0 unspecified atom stereocenters. The van der Waals surface area contributed by atoms with E-state index in [1.165, 1.54) is 0 Å². The monoisotopic (exact) mass is 515 g/mol. The first-order chi connectivity index (χ1) is 17.6. The van der Waals surface area contributed by atoms with Gasteiger partial charge < -0.3 is 9.64 Å². The summed E-state index contributed by atoms with van der Waals surface area (Å²) in [6.07, 6.45) is -3.30. The molecule has 2 heterocycles. The van der Waals surface area contributed by atoms with E-state index >= 15 is 0 Å². The second kappa shape index (κ2) is 11.3. The summed E-state index contributed by atoms with van der Waals surface area (Å²) in [5, 5.41) is 0. The highest BCUT2D eigenvalue weighted by atomic mass is 19.4. The number of piperazine rings is 1. The number of hydrogen-bond acceptors (Lipinski definition) is 5. The van der Waals surface area contributed by atoms with Gasteiger partial charge in [-0.05, 0) is 49.2 Å². The van der Waals surface area contributed by atoms with Gasteiger partial charge in [0.2, 0.25) is 0 Å². The van der Waals surface area contributed by atoms with Crippen LogP contribution in [0.5, 0.6) is 0 Å². The van der Waals surface area contributed by atoms with Crippen molar-refractivity contribution in [1.29, 1.82) is 0 Å². The molecule has 196 valence electrons. The van der Waals surface area contributed by atoms with Gasteiger partial charge in [0.05, 0.1) is 11.7 Å². The van der Waals surface area contributed by atoms with Crippen molar-refractivity contribution in [3.63, 3.8) is 0 Å². The van der Waals surface area contributed by atoms with Gasteiger partial charge in [0.15, 0.2) is 0 Å². The Hall–Kier alpha value is -3.46. The minimum atomic E-state index is -4.61. The lowest BCUT2D eigenvalue weighted by atomic mass is 9.98. The van der Waals surface area contributed by atoms with Crippen LogP contribution in [0.3, 0.4) is 0 Å². The van der Waals surface area contributed by atoms with Crippen molar-refractivity contribution in [3.8, 4) is 0 Å². The summed E-state index contributed by atoms with van der Waals surface area (Å²) in [6, 6.07) is 13.7. The van der Waals surface area contributed by atoms with Crippen LogP contribution in [0, 0.1) is 5.82 Å². The number of ether oxygens (including phenoxy) is 1. The van der Waals surface area contributed by atoms with Crippen LogP contribution >= 0.6 is 0 Å². The highest BCUT2D eigenvalue weighted by Gasteiger charge is 2.34. The van der Waals surface area contributed by atoms with E-state index < -0.39 is 23.5 Å². The first kappa shape index (κ1) is 26.6. The molecule has 0 N–H and O–H groups in total. The number of aromatic nitrogens is 1. The zero-order valence-corrected chi connectivity index (χ0v) is 20.8. The normalized spacial score (nSPS) is 14.7. The van der Waals surface area contributed by atoms with E-state index in [0.717, 1.165) is 36.9 Å². The van der Waals surface area contributed by atoms with Crippen LogP contribution in [0.25, 0.3) is 0 Å². The van der Waals surface area contributed by atoms with Crippen LogP contribution in [0.4, 0.5) is 23.4 Å². The van der Waals surface area contributed by atoms with Crippen LogP contribution in [0.15, 0.2) is 60.8 Å². The molecular formula is C28H29F4N3O2. The fourth-order valence-corrected chi connectivity index (χ4v) is 4.43. The highest BCUT2D eigenvalue weighted by molar-refractivity contribution is 5.94. The van der Waals surface area contributed by atoms with Crippen molar-refractivity contribution in [3.05, 3.63) is 94.4 Å². The lowest BCUT2D eigenvalue weighted by molar-refractivity contribution is -0.138. The van der Waals surface area contributed by atoms with E-state index in [4.69, 9.17) is 4.74 Å². The van der Waals surface area contributed by atoms with Crippen LogP contribution in [0.2, 0.25) is 0 Å². The third-order valence-corrected chi connectivity index (χ3v) is 6.26. The van der Waals surface area contributed by atoms with Gasteiger partial charge in [-0.2, -0.15) is 13.2 Å². The highest BCUT2D eigenvalue weighted by Crippen LogP contribution is 2.34. The summed E-state index contributed by atoms with van der Waals surface area (Å²) in [7, 11) is 0. The Morgan fingerprint density at radius 3 is 2.30 bits per heavy atom. The van der Waals surface area contributed by atoms with E-state index in [2.05, 4.69) is 14.8 Å².